The molecule has 5 nitrogen and oxygen atoms in total. The molecule has 2 amide bonds. The van der Waals surface area contributed by atoms with Gasteiger partial charge in [-0.05, 0) is 49.6 Å². The standard InChI is InChI=1S/C24H27Cl2FN2O3/c1-16(24(31)28-19-7-3-2-4-8-19)29(14-17-11-12-18(25)13-20(17)26)23(30)15-32-22-10-6-5-9-21(22)27/h5-6,9-13,16,19H,2-4,7-8,14-15H2,1H3,(H,28,31). The molecule has 1 aliphatic rings. The van der Waals surface area contributed by atoms with E-state index in [2.05, 4.69) is 5.32 Å². The molecule has 0 aromatic heterocycles. The molecular weight excluding hydrogens is 454 g/mol. The maximum absolute atomic E-state index is 13.9. The highest BCUT2D eigenvalue weighted by atomic mass is 35.5. The van der Waals surface area contributed by atoms with Gasteiger partial charge in [0.05, 0.1) is 0 Å². The van der Waals surface area contributed by atoms with Gasteiger partial charge in [-0.15, -0.1) is 0 Å². The lowest BCUT2D eigenvalue weighted by molar-refractivity contribution is -0.142. The van der Waals surface area contributed by atoms with E-state index in [9.17, 15) is 14.0 Å². The fourth-order valence-electron chi connectivity index (χ4n) is 3.77. The van der Waals surface area contributed by atoms with E-state index in [1.54, 1.807) is 31.2 Å². The molecule has 32 heavy (non-hydrogen) atoms. The summed E-state index contributed by atoms with van der Waals surface area (Å²) in [7, 11) is 0. The first-order valence-electron chi connectivity index (χ1n) is 10.8. The molecule has 2 aromatic carbocycles. The first-order valence-corrected chi connectivity index (χ1v) is 11.5. The Bertz CT molecular complexity index is 951. The summed E-state index contributed by atoms with van der Waals surface area (Å²) in [6.45, 7) is 1.35. The zero-order valence-electron chi connectivity index (χ0n) is 18.0. The second kappa shape index (κ2) is 11.5. The molecular formula is C24H27Cl2FN2O3. The van der Waals surface area contributed by atoms with Gasteiger partial charge in [-0.2, -0.15) is 0 Å². The van der Waals surface area contributed by atoms with Crippen LogP contribution in [0.15, 0.2) is 42.5 Å². The van der Waals surface area contributed by atoms with Crippen LogP contribution in [-0.2, 0) is 16.1 Å². The van der Waals surface area contributed by atoms with Gasteiger partial charge in [0, 0.05) is 22.6 Å². The number of ether oxygens (including phenoxy) is 1. The fraction of sp³-hybridized carbons (Fsp3) is 0.417. The third kappa shape index (κ3) is 6.59. The summed E-state index contributed by atoms with van der Waals surface area (Å²) in [5, 5.41) is 3.93. The smallest absolute Gasteiger partial charge is 0.261 e. The number of para-hydroxylation sites is 1. The molecule has 8 heteroatoms. The largest absolute Gasteiger partial charge is 0.481 e. The summed E-state index contributed by atoms with van der Waals surface area (Å²) >= 11 is 12.3. The number of halogens is 3. The van der Waals surface area contributed by atoms with Crippen LogP contribution in [0.2, 0.25) is 10.0 Å². The van der Waals surface area contributed by atoms with E-state index in [0.29, 0.717) is 15.6 Å². The van der Waals surface area contributed by atoms with E-state index in [1.807, 2.05) is 0 Å². The van der Waals surface area contributed by atoms with Crippen molar-refractivity contribution in [2.45, 2.75) is 57.7 Å². The number of carbonyl (C=O) groups is 2. The first-order chi connectivity index (χ1) is 15.3. The monoisotopic (exact) mass is 480 g/mol. The topological polar surface area (TPSA) is 58.6 Å². The number of rotatable bonds is 8. The van der Waals surface area contributed by atoms with E-state index in [1.165, 1.54) is 29.5 Å². The van der Waals surface area contributed by atoms with Gasteiger partial charge < -0.3 is 15.0 Å². The summed E-state index contributed by atoms with van der Waals surface area (Å²) in [6, 6.07) is 10.2. The highest BCUT2D eigenvalue weighted by Gasteiger charge is 2.29. The van der Waals surface area contributed by atoms with Gasteiger partial charge in [0.15, 0.2) is 18.2 Å². The molecule has 2 aromatic rings. The highest BCUT2D eigenvalue weighted by Crippen LogP contribution is 2.24. The van der Waals surface area contributed by atoms with Crippen LogP contribution in [0.1, 0.15) is 44.6 Å². The predicted octanol–water partition coefficient (Wildman–Crippen LogP) is 5.38. The third-order valence-electron chi connectivity index (χ3n) is 5.66. The molecule has 0 spiro atoms. The number of benzene rings is 2. The number of amides is 2. The number of nitrogens with one attached hydrogen (secondary N) is 1. The number of nitrogens with zero attached hydrogens (tertiary/aromatic N) is 1. The Morgan fingerprint density at radius 1 is 1.16 bits per heavy atom. The molecule has 3 rings (SSSR count). The van der Waals surface area contributed by atoms with Gasteiger partial charge in [-0.1, -0.05) is 60.7 Å². The molecule has 1 atom stereocenters. The minimum absolute atomic E-state index is 0.0235. The summed E-state index contributed by atoms with van der Waals surface area (Å²) < 4.78 is 19.3. The Labute approximate surface area is 197 Å². The Morgan fingerprint density at radius 3 is 2.56 bits per heavy atom. The van der Waals surface area contributed by atoms with Crippen molar-refractivity contribution in [3.8, 4) is 5.75 Å². The van der Waals surface area contributed by atoms with Crippen LogP contribution < -0.4 is 10.1 Å². The number of hydrogen-bond donors (Lipinski definition) is 1. The minimum Gasteiger partial charge on any atom is -0.481 e. The third-order valence-corrected chi connectivity index (χ3v) is 6.25. The quantitative estimate of drug-likeness (QED) is 0.551. The lowest BCUT2D eigenvalue weighted by Crippen LogP contribution is -2.51. The molecule has 0 radical (unpaired) electrons. The maximum atomic E-state index is 13.9. The van der Waals surface area contributed by atoms with Crippen LogP contribution in [0.25, 0.3) is 0 Å². The average molecular weight is 481 g/mol. The number of carbonyl (C=O) groups excluding carboxylic acids is 2. The van der Waals surface area contributed by atoms with Crippen molar-refractivity contribution in [3.63, 3.8) is 0 Å². The molecule has 0 bridgehead atoms. The Balaban J connectivity index is 1.75. The zero-order chi connectivity index (χ0) is 23.1. The van der Waals surface area contributed by atoms with Crippen molar-refractivity contribution in [3.05, 3.63) is 63.9 Å². The van der Waals surface area contributed by atoms with Gasteiger partial charge in [0.1, 0.15) is 6.04 Å². The van der Waals surface area contributed by atoms with E-state index in [4.69, 9.17) is 27.9 Å². The predicted molar refractivity (Wildman–Crippen MR) is 123 cm³/mol. The van der Waals surface area contributed by atoms with Gasteiger partial charge in [-0.3, -0.25) is 9.59 Å². The Kier molecular flexibility index (Phi) is 8.76. The number of hydrogen-bond acceptors (Lipinski definition) is 3. The van der Waals surface area contributed by atoms with Crippen molar-refractivity contribution in [1.29, 1.82) is 0 Å². The van der Waals surface area contributed by atoms with Gasteiger partial charge in [0.25, 0.3) is 5.91 Å². The lowest BCUT2D eigenvalue weighted by atomic mass is 9.95. The zero-order valence-corrected chi connectivity index (χ0v) is 19.5. The van der Waals surface area contributed by atoms with E-state index in [0.717, 1.165) is 25.7 Å². The van der Waals surface area contributed by atoms with Crippen molar-refractivity contribution in [2.24, 2.45) is 0 Å². The van der Waals surface area contributed by atoms with Gasteiger partial charge in [-0.25, -0.2) is 4.39 Å². The summed E-state index contributed by atoms with van der Waals surface area (Å²) in [6.07, 6.45) is 5.21. The normalized spacial score (nSPS) is 15.1. The van der Waals surface area contributed by atoms with E-state index >= 15 is 0 Å². The Hall–Kier alpha value is -2.31. The second-order valence-electron chi connectivity index (χ2n) is 8.00. The van der Waals surface area contributed by atoms with Crippen molar-refractivity contribution >= 4 is 35.0 Å². The van der Waals surface area contributed by atoms with Crippen LogP contribution in [-0.4, -0.2) is 35.4 Å². The highest BCUT2D eigenvalue weighted by molar-refractivity contribution is 6.35. The summed E-state index contributed by atoms with van der Waals surface area (Å²) in [5.74, 6) is -1.27. The van der Waals surface area contributed by atoms with Gasteiger partial charge >= 0.3 is 0 Å². The SMILES string of the molecule is CC(C(=O)NC1CCCCC1)N(Cc1ccc(Cl)cc1Cl)C(=O)COc1ccccc1F. The summed E-state index contributed by atoms with van der Waals surface area (Å²) in [4.78, 5) is 27.4. The van der Waals surface area contributed by atoms with Crippen molar-refractivity contribution < 1.29 is 18.7 Å². The Morgan fingerprint density at radius 2 is 1.88 bits per heavy atom. The maximum Gasteiger partial charge on any atom is 0.261 e. The van der Waals surface area contributed by atoms with Crippen molar-refractivity contribution in [2.75, 3.05) is 6.61 Å². The molecule has 0 saturated heterocycles. The van der Waals surface area contributed by atoms with Crippen molar-refractivity contribution in [1.82, 2.24) is 10.2 Å². The van der Waals surface area contributed by atoms with Crippen LogP contribution in [0.5, 0.6) is 5.75 Å². The second-order valence-corrected chi connectivity index (χ2v) is 8.84. The fourth-order valence-corrected chi connectivity index (χ4v) is 4.24. The van der Waals surface area contributed by atoms with E-state index < -0.39 is 24.4 Å². The molecule has 0 aliphatic heterocycles. The molecule has 1 fully saturated rings. The van der Waals surface area contributed by atoms with Crippen LogP contribution in [0.3, 0.4) is 0 Å². The molecule has 1 unspecified atom stereocenters. The van der Waals surface area contributed by atoms with Gasteiger partial charge in [0.2, 0.25) is 5.91 Å². The van der Waals surface area contributed by atoms with Crippen LogP contribution in [0, 0.1) is 5.82 Å². The average Bonchev–Trinajstić information content (AvgIpc) is 2.78. The summed E-state index contributed by atoms with van der Waals surface area (Å²) in [5.41, 5.74) is 0.646. The molecule has 1 aliphatic carbocycles. The first kappa shape index (κ1) is 24.3. The molecule has 1 saturated carbocycles. The minimum atomic E-state index is -0.764. The van der Waals surface area contributed by atoms with Crippen LogP contribution in [0.4, 0.5) is 4.39 Å². The molecule has 0 heterocycles. The molecule has 1 N–H and O–H groups in total. The lowest BCUT2D eigenvalue weighted by Gasteiger charge is -2.31. The molecule has 172 valence electrons. The van der Waals surface area contributed by atoms with Crippen LogP contribution >= 0.6 is 23.2 Å². The van der Waals surface area contributed by atoms with E-state index in [-0.39, 0.29) is 24.2 Å².